The van der Waals surface area contributed by atoms with Crippen molar-refractivity contribution >= 4 is 48.6 Å². The van der Waals surface area contributed by atoms with Crippen molar-refractivity contribution in [1.29, 1.82) is 0 Å². The molecular formula is C38H48N5O8S2+. The van der Waals surface area contributed by atoms with Crippen molar-refractivity contribution in [3.8, 4) is 11.5 Å². The summed E-state index contributed by atoms with van der Waals surface area (Å²) < 4.78 is 80.3. The maximum atomic E-state index is 12.3. The highest BCUT2D eigenvalue weighted by Crippen LogP contribution is 2.46. The molecule has 1 aromatic heterocycles. The van der Waals surface area contributed by atoms with E-state index in [1.807, 2.05) is 88.7 Å². The van der Waals surface area contributed by atoms with Gasteiger partial charge in [-0.15, -0.1) is 0 Å². The summed E-state index contributed by atoms with van der Waals surface area (Å²) in [5.74, 6) is 0.163. The third-order valence-corrected chi connectivity index (χ3v) is 11.6. The Morgan fingerprint density at radius 1 is 0.887 bits per heavy atom. The normalized spacial score (nSPS) is 17.2. The highest BCUT2D eigenvalue weighted by molar-refractivity contribution is 7.86. The molecule has 0 fully saturated rings. The Kier molecular flexibility index (Phi) is 10.0. The zero-order valence-corrected chi connectivity index (χ0v) is 32.6. The number of nitrogens with zero attached hydrogens (tertiary/aromatic N) is 4. The molecule has 6 rings (SSSR count). The lowest BCUT2D eigenvalue weighted by Gasteiger charge is -2.43. The number of imidazole rings is 1. The molecule has 0 bridgehead atoms. The second kappa shape index (κ2) is 13.8. The second-order valence-corrected chi connectivity index (χ2v) is 17.9. The highest BCUT2D eigenvalue weighted by Gasteiger charge is 2.38. The first kappa shape index (κ1) is 38.4. The lowest BCUT2D eigenvalue weighted by molar-refractivity contribution is -0.118. The van der Waals surface area contributed by atoms with Crippen molar-refractivity contribution in [3.05, 3.63) is 81.9 Å². The first-order chi connectivity index (χ1) is 24.7. The van der Waals surface area contributed by atoms with Crippen LogP contribution in [-0.4, -0.2) is 77.1 Å². The summed E-state index contributed by atoms with van der Waals surface area (Å²) in [6, 6.07) is 7.61. The summed E-state index contributed by atoms with van der Waals surface area (Å²) in [5.41, 5.74) is 8.42. The highest BCUT2D eigenvalue weighted by atomic mass is 32.2. The van der Waals surface area contributed by atoms with E-state index in [1.165, 1.54) is 0 Å². The second-order valence-electron chi connectivity index (χ2n) is 15.0. The van der Waals surface area contributed by atoms with E-state index < -0.39 is 42.8 Å². The number of hydrogen-bond donors (Lipinski definition) is 3. The molecule has 3 aliphatic heterocycles. The Hall–Kier alpha value is -4.31. The maximum absolute atomic E-state index is 12.3. The van der Waals surface area contributed by atoms with Crippen LogP contribution < -0.4 is 30.5 Å². The van der Waals surface area contributed by atoms with E-state index in [0.717, 1.165) is 23.9 Å². The van der Waals surface area contributed by atoms with Crippen LogP contribution in [0.3, 0.4) is 0 Å². The summed E-state index contributed by atoms with van der Waals surface area (Å²) in [4.78, 5) is 18.3. The number of carbonyl (C=O) groups excluding carboxylic acids is 1. The summed E-state index contributed by atoms with van der Waals surface area (Å²) in [5, 5.41) is 1.39. The zero-order valence-electron chi connectivity index (χ0n) is 31.0. The number of aryl methyl sites for hydroxylation is 1. The van der Waals surface area contributed by atoms with Crippen LogP contribution in [0.2, 0.25) is 0 Å². The maximum Gasteiger partial charge on any atom is 0.269 e. The standard InChI is InChI=1S/C38H47N5O8S2/c1-7-42-30-18-32-28(16-26(30)24(20-37(42,3)4)22-52(45,46)47)35(36-40-13-15-41(36)14-11-9-10-12-34(39)44)29-17-27-25(23-53(48,49)50)21-38(5,6)43(8-2)31(27)19-33(29)51-32/h13,15-21H,7-12,14,22-23H2,1-6H3,(H3-,39,44,45,46,47,48,49,50)/p+1. The quantitative estimate of drug-likeness (QED) is 0.103. The Labute approximate surface area is 310 Å². The van der Waals surface area contributed by atoms with Gasteiger partial charge in [0.1, 0.15) is 35.4 Å². The average Bonchev–Trinajstić information content (AvgIpc) is 3.48. The van der Waals surface area contributed by atoms with Gasteiger partial charge in [0.2, 0.25) is 11.3 Å². The predicted octanol–water partition coefficient (Wildman–Crippen LogP) is 3.75. The number of carbonyl (C=O) groups is 1. The molecule has 2 aromatic carbocycles. The first-order valence-corrected chi connectivity index (χ1v) is 21.1. The van der Waals surface area contributed by atoms with Gasteiger partial charge in [0.15, 0.2) is 5.54 Å². The van der Waals surface area contributed by atoms with Crippen molar-refractivity contribution in [1.82, 2.24) is 14.1 Å². The first-order valence-electron chi connectivity index (χ1n) is 17.8. The SMILES string of the molecule is CCN1c2cc3c(cc2C(CS(=O)(=O)O)=CC1(C)C)C(c1nccn1CCCCCC(N)=O)=c1cc2c(cc1O3)=[N+](CC)C(C)(C)C=C2CS(=O)(=O)O. The molecule has 0 unspecified atom stereocenters. The molecular weight excluding hydrogens is 719 g/mol. The molecule has 15 heteroatoms. The van der Waals surface area contributed by atoms with Gasteiger partial charge in [-0.1, -0.05) is 12.5 Å². The molecule has 4 N–H and O–H groups in total. The number of fused-ring (bicyclic) bond motifs is 4. The van der Waals surface area contributed by atoms with Gasteiger partial charge in [0.05, 0.1) is 17.2 Å². The van der Waals surface area contributed by atoms with Crippen LogP contribution in [0, 0.1) is 0 Å². The number of aromatic nitrogens is 2. The molecule has 0 aliphatic carbocycles. The molecule has 0 radical (unpaired) electrons. The minimum Gasteiger partial charge on any atom is -0.456 e. The van der Waals surface area contributed by atoms with Crippen molar-refractivity contribution < 1.29 is 35.5 Å². The van der Waals surface area contributed by atoms with Gasteiger partial charge >= 0.3 is 0 Å². The van der Waals surface area contributed by atoms with E-state index in [9.17, 15) is 30.7 Å². The number of hydrogen-bond acceptors (Lipinski definition) is 8. The van der Waals surface area contributed by atoms with Gasteiger partial charge in [-0.25, -0.2) is 9.56 Å². The van der Waals surface area contributed by atoms with Crippen LogP contribution in [0.4, 0.5) is 5.69 Å². The average molecular weight is 767 g/mol. The van der Waals surface area contributed by atoms with E-state index in [2.05, 4.69) is 9.48 Å². The monoisotopic (exact) mass is 766 g/mol. The lowest BCUT2D eigenvalue weighted by Crippen LogP contribution is -2.50. The van der Waals surface area contributed by atoms with E-state index in [4.69, 9.17) is 15.5 Å². The van der Waals surface area contributed by atoms with Crippen molar-refractivity contribution in [3.63, 3.8) is 0 Å². The number of ether oxygens (including phenoxy) is 1. The van der Waals surface area contributed by atoms with Crippen molar-refractivity contribution in [2.24, 2.45) is 5.73 Å². The Morgan fingerprint density at radius 2 is 1.57 bits per heavy atom. The van der Waals surface area contributed by atoms with Crippen LogP contribution in [0.1, 0.15) is 89.7 Å². The van der Waals surface area contributed by atoms with Crippen LogP contribution in [0.15, 0.2) is 48.8 Å². The van der Waals surface area contributed by atoms with Crippen molar-refractivity contribution in [2.75, 3.05) is 29.5 Å². The fourth-order valence-electron chi connectivity index (χ4n) is 8.21. The van der Waals surface area contributed by atoms with Gasteiger partial charge in [-0.2, -0.15) is 16.8 Å². The molecule has 0 saturated carbocycles. The molecule has 0 saturated heterocycles. The van der Waals surface area contributed by atoms with Crippen LogP contribution >= 0.6 is 0 Å². The molecule has 3 aliphatic rings. The van der Waals surface area contributed by atoms with Gasteiger partial charge in [0, 0.05) is 79.4 Å². The van der Waals surface area contributed by atoms with Crippen molar-refractivity contribution in [2.45, 2.75) is 84.8 Å². The Balaban J connectivity index is 1.67. The molecule has 1 amide bonds. The number of anilines is 1. The van der Waals surface area contributed by atoms with Gasteiger partial charge in [-0.05, 0) is 69.9 Å². The number of unbranched alkanes of at least 4 members (excludes halogenated alkanes) is 2. The largest absolute Gasteiger partial charge is 0.456 e. The Morgan fingerprint density at radius 3 is 2.19 bits per heavy atom. The number of rotatable bonds is 13. The minimum atomic E-state index is -4.39. The molecule has 3 aromatic rings. The fraction of sp³-hybridized carbons (Fsp3) is 0.447. The molecule has 53 heavy (non-hydrogen) atoms. The Bertz CT molecular complexity index is 2430. The number of primary amides is 1. The summed E-state index contributed by atoms with van der Waals surface area (Å²) in [6.07, 6.45) is 9.79. The molecule has 4 heterocycles. The number of benzene rings is 2. The van der Waals surface area contributed by atoms with Gasteiger partial charge < -0.3 is 19.9 Å². The number of likely N-dealkylation sites (N-methyl/N-ethyl adjacent to an activating group) is 2. The van der Waals surface area contributed by atoms with Crippen LogP contribution in [0.25, 0.3) is 16.7 Å². The van der Waals surface area contributed by atoms with E-state index in [-0.39, 0.29) is 5.91 Å². The summed E-state index contributed by atoms with van der Waals surface area (Å²) in [7, 11) is -8.79. The van der Waals surface area contributed by atoms with Crippen LogP contribution in [0.5, 0.6) is 11.5 Å². The third kappa shape index (κ3) is 7.70. The number of nitrogens with two attached hydrogens (primary N) is 1. The smallest absolute Gasteiger partial charge is 0.269 e. The van der Waals surface area contributed by atoms with E-state index >= 15 is 0 Å². The molecule has 0 spiro atoms. The predicted molar refractivity (Wildman–Crippen MR) is 205 cm³/mol. The summed E-state index contributed by atoms with van der Waals surface area (Å²) >= 11 is 0. The van der Waals surface area contributed by atoms with Crippen LogP contribution in [-0.2, 0) is 31.6 Å². The molecule has 0 atom stereocenters. The minimum absolute atomic E-state index is 0.304. The fourth-order valence-corrected chi connectivity index (χ4v) is 9.48. The van der Waals surface area contributed by atoms with Gasteiger partial charge in [0.25, 0.3) is 20.2 Å². The topological polar surface area (TPSA) is 185 Å². The third-order valence-electron chi connectivity index (χ3n) is 10.2. The van der Waals surface area contributed by atoms with E-state index in [1.54, 1.807) is 6.20 Å². The zero-order chi connectivity index (χ0) is 38.7. The summed E-state index contributed by atoms with van der Waals surface area (Å²) in [6.45, 7) is 13.8. The molecule has 13 nitrogen and oxygen atoms in total. The van der Waals surface area contributed by atoms with E-state index in [0.29, 0.717) is 88.4 Å². The molecule has 284 valence electrons. The van der Waals surface area contributed by atoms with Gasteiger partial charge in [-0.3, -0.25) is 13.9 Å². The lowest BCUT2D eigenvalue weighted by atomic mass is 9.85. The number of amides is 1.